The summed E-state index contributed by atoms with van der Waals surface area (Å²) in [4.78, 5) is 16.8. The van der Waals surface area contributed by atoms with Gasteiger partial charge in [-0.15, -0.1) is 0 Å². The van der Waals surface area contributed by atoms with Crippen molar-refractivity contribution in [2.45, 2.75) is 44.2 Å². The Kier molecular flexibility index (Phi) is 5.55. The Labute approximate surface area is 160 Å². The molecular weight excluding hydrogens is 340 g/mol. The lowest BCUT2D eigenvalue weighted by atomic mass is 10.0. The molecule has 144 valence electrons. The molecule has 6 nitrogen and oxygen atoms in total. The second-order valence-electron chi connectivity index (χ2n) is 7.65. The van der Waals surface area contributed by atoms with Crippen molar-refractivity contribution < 1.29 is 9.90 Å². The van der Waals surface area contributed by atoms with Gasteiger partial charge in [0.1, 0.15) is 6.04 Å². The topological polar surface area (TPSA) is 61.6 Å². The molecule has 0 bridgehead atoms. The third-order valence-electron chi connectivity index (χ3n) is 5.98. The van der Waals surface area contributed by atoms with Crippen molar-refractivity contribution in [2.24, 2.45) is 0 Å². The molecular formula is C21H28N4O2. The Balaban J connectivity index is 1.48. The molecule has 1 aromatic heterocycles. The van der Waals surface area contributed by atoms with Gasteiger partial charge < -0.3 is 5.11 Å². The summed E-state index contributed by atoms with van der Waals surface area (Å²) in [6.45, 7) is 3.71. The highest BCUT2D eigenvalue weighted by Crippen LogP contribution is 2.27. The highest BCUT2D eigenvalue weighted by Gasteiger charge is 2.31. The van der Waals surface area contributed by atoms with Gasteiger partial charge in [0.2, 0.25) is 0 Å². The lowest BCUT2D eigenvalue weighted by Crippen LogP contribution is -2.39. The van der Waals surface area contributed by atoms with Crippen LogP contribution in [0.1, 0.15) is 43.7 Å². The van der Waals surface area contributed by atoms with Crippen molar-refractivity contribution in [3.63, 3.8) is 0 Å². The Bertz CT molecular complexity index is 738. The molecule has 2 aliphatic rings. The van der Waals surface area contributed by atoms with Crippen LogP contribution in [0.15, 0.2) is 42.7 Å². The number of aliphatic carboxylic acids is 1. The Morgan fingerprint density at radius 3 is 2.48 bits per heavy atom. The van der Waals surface area contributed by atoms with E-state index in [1.807, 2.05) is 36.5 Å². The van der Waals surface area contributed by atoms with Gasteiger partial charge in [0.25, 0.3) is 0 Å². The number of hydrogen-bond donors (Lipinski definition) is 1. The molecule has 0 spiro atoms. The van der Waals surface area contributed by atoms with Gasteiger partial charge in [0.05, 0.1) is 5.69 Å². The summed E-state index contributed by atoms with van der Waals surface area (Å²) >= 11 is 0. The fourth-order valence-corrected chi connectivity index (χ4v) is 4.59. The number of carboxylic acid groups (broad SMARTS) is 1. The van der Waals surface area contributed by atoms with E-state index in [2.05, 4.69) is 14.9 Å². The maximum atomic E-state index is 12.1. The van der Waals surface area contributed by atoms with E-state index in [0.29, 0.717) is 6.04 Å². The van der Waals surface area contributed by atoms with Crippen LogP contribution in [0.3, 0.4) is 0 Å². The molecule has 0 unspecified atom stereocenters. The van der Waals surface area contributed by atoms with E-state index in [4.69, 9.17) is 0 Å². The largest absolute Gasteiger partial charge is 0.480 e. The monoisotopic (exact) mass is 368 g/mol. The molecule has 1 atom stereocenters. The number of benzene rings is 1. The number of rotatable bonds is 5. The molecule has 1 aliphatic carbocycles. The summed E-state index contributed by atoms with van der Waals surface area (Å²) < 4.78 is 1.78. The minimum absolute atomic E-state index is 0.583. The van der Waals surface area contributed by atoms with E-state index in [0.717, 1.165) is 43.9 Å². The molecule has 1 N–H and O–H groups in total. The van der Waals surface area contributed by atoms with Crippen molar-refractivity contribution in [3.05, 3.63) is 48.3 Å². The van der Waals surface area contributed by atoms with Gasteiger partial charge in [0, 0.05) is 38.1 Å². The number of nitrogens with zero attached hydrogens (tertiary/aromatic N) is 4. The van der Waals surface area contributed by atoms with Crippen LogP contribution in [0.5, 0.6) is 0 Å². The molecule has 6 heteroatoms. The van der Waals surface area contributed by atoms with Crippen LogP contribution in [-0.2, 0) is 4.79 Å². The summed E-state index contributed by atoms with van der Waals surface area (Å²) in [6.07, 6.45) is 9.94. The first-order chi connectivity index (χ1) is 13.2. The molecule has 1 aromatic carbocycles. The van der Waals surface area contributed by atoms with Gasteiger partial charge in [-0.2, -0.15) is 5.10 Å². The predicted molar refractivity (Wildman–Crippen MR) is 104 cm³/mol. The maximum absolute atomic E-state index is 12.1. The van der Waals surface area contributed by atoms with Gasteiger partial charge in [-0.05, 0) is 49.6 Å². The van der Waals surface area contributed by atoms with Crippen molar-refractivity contribution in [1.82, 2.24) is 19.6 Å². The number of hydrogen-bond acceptors (Lipinski definition) is 4. The lowest BCUT2D eigenvalue weighted by molar-refractivity contribution is -0.143. The first kappa shape index (κ1) is 18.2. The van der Waals surface area contributed by atoms with Crippen LogP contribution in [0.4, 0.5) is 0 Å². The molecule has 2 aromatic rings. The third kappa shape index (κ3) is 4.06. The Hall–Kier alpha value is -2.18. The van der Waals surface area contributed by atoms with Crippen LogP contribution in [0.25, 0.3) is 5.69 Å². The van der Waals surface area contributed by atoms with E-state index in [9.17, 15) is 9.90 Å². The fraction of sp³-hybridized carbons (Fsp3) is 0.524. The molecule has 2 heterocycles. The summed E-state index contributed by atoms with van der Waals surface area (Å²) in [5.74, 6) is -0.767. The normalized spacial score (nSPS) is 21.2. The molecule has 27 heavy (non-hydrogen) atoms. The quantitative estimate of drug-likeness (QED) is 0.879. The number of aromatic nitrogens is 2. The van der Waals surface area contributed by atoms with Gasteiger partial charge in [0.15, 0.2) is 0 Å². The highest BCUT2D eigenvalue weighted by molar-refractivity contribution is 5.75. The smallest absolute Gasteiger partial charge is 0.325 e. The molecule has 0 radical (unpaired) electrons. The zero-order valence-electron chi connectivity index (χ0n) is 15.7. The average molecular weight is 368 g/mol. The molecule has 0 amide bonds. The van der Waals surface area contributed by atoms with Gasteiger partial charge >= 0.3 is 5.97 Å². The average Bonchev–Trinajstić information content (AvgIpc) is 3.35. The van der Waals surface area contributed by atoms with Gasteiger partial charge in [-0.1, -0.05) is 25.0 Å². The molecule has 1 aliphatic heterocycles. The molecule has 1 saturated carbocycles. The minimum atomic E-state index is -0.767. The van der Waals surface area contributed by atoms with Gasteiger partial charge in [-0.3, -0.25) is 14.6 Å². The van der Waals surface area contributed by atoms with Crippen LogP contribution < -0.4 is 0 Å². The first-order valence-corrected chi connectivity index (χ1v) is 10.0. The summed E-state index contributed by atoms with van der Waals surface area (Å²) in [6, 6.07) is 9.75. The van der Waals surface area contributed by atoms with Crippen LogP contribution in [0, 0.1) is 0 Å². The standard InChI is InChI=1S/C21H28N4O2/c26-21(27)20(17-7-9-19(10-8-17)25-14-3-11-22-25)24-13-4-12-23(15-16-24)18-5-1-2-6-18/h3,7-11,14,18,20H,1-2,4-6,12-13,15-16H2,(H,26,27)/t20-/m0/s1. The van der Waals surface area contributed by atoms with E-state index in [1.54, 1.807) is 10.9 Å². The van der Waals surface area contributed by atoms with E-state index in [-0.39, 0.29) is 0 Å². The SMILES string of the molecule is O=C(O)[C@H](c1ccc(-n2cccn2)cc1)N1CCCN(C2CCCC2)CC1. The van der Waals surface area contributed by atoms with Crippen LogP contribution in [0.2, 0.25) is 0 Å². The second kappa shape index (κ2) is 8.23. The highest BCUT2D eigenvalue weighted by atomic mass is 16.4. The lowest BCUT2D eigenvalue weighted by Gasteiger charge is -2.29. The zero-order valence-corrected chi connectivity index (χ0v) is 15.7. The molecule has 1 saturated heterocycles. The fourth-order valence-electron chi connectivity index (χ4n) is 4.59. The molecule has 2 fully saturated rings. The number of carboxylic acids is 1. The maximum Gasteiger partial charge on any atom is 0.325 e. The van der Waals surface area contributed by atoms with E-state index >= 15 is 0 Å². The van der Waals surface area contributed by atoms with Crippen molar-refractivity contribution in [1.29, 1.82) is 0 Å². The first-order valence-electron chi connectivity index (χ1n) is 10.0. The van der Waals surface area contributed by atoms with Gasteiger partial charge in [-0.25, -0.2) is 4.68 Å². The third-order valence-corrected chi connectivity index (χ3v) is 5.98. The Morgan fingerprint density at radius 2 is 1.81 bits per heavy atom. The van der Waals surface area contributed by atoms with Crippen molar-refractivity contribution in [2.75, 3.05) is 26.2 Å². The van der Waals surface area contributed by atoms with Crippen molar-refractivity contribution >= 4 is 5.97 Å². The van der Waals surface area contributed by atoms with Crippen molar-refractivity contribution in [3.8, 4) is 5.69 Å². The summed E-state index contributed by atoms with van der Waals surface area (Å²) in [5, 5.41) is 14.2. The number of carbonyl (C=O) groups is 1. The van der Waals surface area contributed by atoms with Crippen LogP contribution >= 0.6 is 0 Å². The van der Waals surface area contributed by atoms with E-state index < -0.39 is 12.0 Å². The molecule has 4 rings (SSSR count). The minimum Gasteiger partial charge on any atom is -0.480 e. The predicted octanol–water partition coefficient (Wildman–Crippen LogP) is 2.95. The Morgan fingerprint density at radius 1 is 1.04 bits per heavy atom. The summed E-state index contributed by atoms with van der Waals surface area (Å²) in [5.41, 5.74) is 1.78. The second-order valence-corrected chi connectivity index (χ2v) is 7.65. The zero-order chi connectivity index (χ0) is 18.6. The van der Waals surface area contributed by atoms with Crippen LogP contribution in [-0.4, -0.2) is 62.9 Å². The summed E-state index contributed by atoms with van der Waals surface area (Å²) in [7, 11) is 0. The van der Waals surface area contributed by atoms with E-state index in [1.165, 1.54) is 25.7 Å².